The van der Waals surface area contributed by atoms with Crippen molar-refractivity contribution in [2.45, 2.75) is 5.41 Å². The Bertz CT molecular complexity index is 1200. The Morgan fingerprint density at radius 3 is 2.07 bits per heavy atom. The molecule has 0 radical (unpaired) electrons. The maximum Gasteiger partial charge on any atom is 0.488 e. The lowest BCUT2D eigenvalue weighted by molar-refractivity contribution is 0.425. The fraction of sp³-hybridized carbons (Fsp3) is 0.0417. The van der Waals surface area contributed by atoms with Gasteiger partial charge in [-0.2, -0.15) is 0 Å². The molecule has 1 unspecified atom stereocenters. The van der Waals surface area contributed by atoms with Gasteiger partial charge in [0.1, 0.15) is 0 Å². The zero-order chi connectivity index (χ0) is 18.9. The molecule has 0 saturated heterocycles. The quantitative estimate of drug-likeness (QED) is 0.443. The molecule has 132 valence electrons. The van der Waals surface area contributed by atoms with E-state index in [4.69, 9.17) is 4.98 Å². The van der Waals surface area contributed by atoms with Gasteiger partial charge in [0, 0.05) is 11.8 Å². The predicted molar refractivity (Wildman–Crippen MR) is 110 cm³/mol. The van der Waals surface area contributed by atoms with Crippen molar-refractivity contribution < 1.29 is 10.0 Å². The Morgan fingerprint density at radius 1 is 0.643 bits per heavy atom. The molecule has 1 aromatic heterocycles. The molecule has 1 heterocycles. The number of rotatable bonds is 1. The second-order valence-electron chi connectivity index (χ2n) is 7.38. The second kappa shape index (κ2) is 5.41. The smallest absolute Gasteiger partial charge is 0.423 e. The van der Waals surface area contributed by atoms with Crippen LogP contribution in [0.2, 0.25) is 0 Å². The molecule has 4 aromatic rings. The van der Waals surface area contributed by atoms with Crippen molar-refractivity contribution in [2.24, 2.45) is 0 Å². The summed E-state index contributed by atoms with van der Waals surface area (Å²) in [5.41, 5.74) is 8.54. The number of nitrogens with zero attached hydrogens (tertiary/aromatic N) is 1. The van der Waals surface area contributed by atoms with E-state index in [0.717, 1.165) is 44.6 Å². The summed E-state index contributed by atoms with van der Waals surface area (Å²) in [6.45, 7) is 0. The molecule has 3 aromatic carbocycles. The Morgan fingerprint density at radius 2 is 1.29 bits per heavy atom. The molecule has 28 heavy (non-hydrogen) atoms. The Balaban J connectivity index is 1.88. The summed E-state index contributed by atoms with van der Waals surface area (Å²) in [6, 6.07) is 26.6. The first-order valence-corrected chi connectivity index (χ1v) is 9.39. The molecule has 6 rings (SSSR count). The van der Waals surface area contributed by atoms with Gasteiger partial charge >= 0.3 is 7.12 Å². The Labute approximate surface area is 163 Å². The highest BCUT2D eigenvalue weighted by atomic mass is 16.4. The molecule has 0 amide bonds. The fourth-order valence-corrected chi connectivity index (χ4v) is 5.25. The molecule has 2 aliphatic rings. The van der Waals surface area contributed by atoms with Gasteiger partial charge in [-0.25, -0.2) is 0 Å². The summed E-state index contributed by atoms with van der Waals surface area (Å²) in [7, 11) is -1.55. The van der Waals surface area contributed by atoms with Gasteiger partial charge in [-0.15, -0.1) is 0 Å². The minimum Gasteiger partial charge on any atom is -0.423 e. The molecule has 0 bridgehead atoms. The van der Waals surface area contributed by atoms with Crippen molar-refractivity contribution in [2.75, 3.05) is 0 Å². The monoisotopic (exact) mass is 361 g/mol. The topological polar surface area (TPSA) is 53.4 Å². The third-order valence-corrected chi connectivity index (χ3v) is 6.17. The molecular formula is C24H16BNO2. The van der Waals surface area contributed by atoms with E-state index in [9.17, 15) is 10.0 Å². The number of aromatic nitrogens is 1. The van der Waals surface area contributed by atoms with Crippen LogP contribution in [-0.2, 0) is 5.41 Å². The first-order chi connectivity index (χ1) is 13.7. The SMILES string of the molecule is OB(O)c1cccc2c1C1(c3ccccc3-2)c2ccccc2-c2ncccc21. The van der Waals surface area contributed by atoms with E-state index in [1.807, 2.05) is 42.6 Å². The van der Waals surface area contributed by atoms with E-state index in [-0.39, 0.29) is 0 Å². The fourth-order valence-electron chi connectivity index (χ4n) is 5.25. The standard InChI is InChI=1S/C24H16BNO2/c27-25(28)21-13-5-9-16-15-7-1-3-10-18(15)24(22(16)21)19-11-4-2-8-17(19)23-20(24)12-6-14-26-23/h1-14,27-28H. The van der Waals surface area contributed by atoms with Crippen molar-refractivity contribution in [3.8, 4) is 22.4 Å². The van der Waals surface area contributed by atoms with Crippen LogP contribution in [0.25, 0.3) is 22.4 Å². The maximum absolute atomic E-state index is 10.2. The highest BCUT2D eigenvalue weighted by Crippen LogP contribution is 2.61. The van der Waals surface area contributed by atoms with Gasteiger partial charge in [0.2, 0.25) is 0 Å². The number of fused-ring (bicyclic) bond motifs is 10. The Kier molecular flexibility index (Phi) is 3.06. The average molecular weight is 361 g/mol. The van der Waals surface area contributed by atoms with Crippen LogP contribution in [0.5, 0.6) is 0 Å². The molecule has 1 atom stereocenters. The van der Waals surface area contributed by atoms with Crippen LogP contribution < -0.4 is 5.46 Å². The van der Waals surface area contributed by atoms with E-state index < -0.39 is 12.5 Å². The first kappa shape index (κ1) is 15.8. The van der Waals surface area contributed by atoms with Crippen LogP contribution in [0.1, 0.15) is 22.3 Å². The summed E-state index contributed by atoms with van der Waals surface area (Å²) >= 11 is 0. The van der Waals surface area contributed by atoms with Gasteiger partial charge in [-0.1, -0.05) is 72.8 Å². The average Bonchev–Trinajstić information content (AvgIpc) is 3.21. The first-order valence-electron chi connectivity index (χ1n) is 9.39. The molecule has 3 nitrogen and oxygen atoms in total. The van der Waals surface area contributed by atoms with Crippen LogP contribution in [0.4, 0.5) is 0 Å². The van der Waals surface area contributed by atoms with Gasteiger partial charge < -0.3 is 10.0 Å². The van der Waals surface area contributed by atoms with Crippen molar-refractivity contribution in [1.29, 1.82) is 0 Å². The third-order valence-electron chi connectivity index (χ3n) is 6.17. The van der Waals surface area contributed by atoms with Gasteiger partial charge in [-0.3, -0.25) is 4.98 Å². The molecule has 0 fully saturated rings. The van der Waals surface area contributed by atoms with Crippen LogP contribution in [0.3, 0.4) is 0 Å². The minimum atomic E-state index is -1.55. The summed E-state index contributed by atoms with van der Waals surface area (Å²) in [5.74, 6) is 0. The van der Waals surface area contributed by atoms with E-state index in [2.05, 4.69) is 42.5 Å². The van der Waals surface area contributed by atoms with E-state index in [1.54, 1.807) is 0 Å². The van der Waals surface area contributed by atoms with Gasteiger partial charge in [0.05, 0.1) is 11.1 Å². The molecule has 4 heteroatoms. The molecule has 2 N–H and O–H groups in total. The van der Waals surface area contributed by atoms with Crippen LogP contribution in [0, 0.1) is 0 Å². The van der Waals surface area contributed by atoms with E-state index >= 15 is 0 Å². The lowest BCUT2D eigenvalue weighted by Crippen LogP contribution is -2.40. The number of hydrogen-bond acceptors (Lipinski definition) is 3. The zero-order valence-corrected chi connectivity index (χ0v) is 15.0. The van der Waals surface area contributed by atoms with Crippen molar-refractivity contribution >= 4 is 12.6 Å². The molecule has 1 spiro atoms. The second-order valence-corrected chi connectivity index (χ2v) is 7.38. The van der Waals surface area contributed by atoms with Crippen molar-refractivity contribution in [3.05, 3.63) is 107 Å². The van der Waals surface area contributed by atoms with E-state index in [0.29, 0.717) is 5.46 Å². The van der Waals surface area contributed by atoms with Crippen molar-refractivity contribution in [3.63, 3.8) is 0 Å². The summed E-state index contributed by atoms with van der Waals surface area (Å²) in [5, 5.41) is 20.5. The summed E-state index contributed by atoms with van der Waals surface area (Å²) < 4.78 is 0. The molecular weight excluding hydrogens is 345 g/mol. The molecule has 0 aliphatic heterocycles. The number of hydrogen-bond donors (Lipinski definition) is 2. The summed E-state index contributed by atoms with van der Waals surface area (Å²) in [4.78, 5) is 4.71. The van der Waals surface area contributed by atoms with Gasteiger partial charge in [0.25, 0.3) is 0 Å². The van der Waals surface area contributed by atoms with Crippen LogP contribution >= 0.6 is 0 Å². The zero-order valence-electron chi connectivity index (χ0n) is 15.0. The van der Waals surface area contributed by atoms with Crippen molar-refractivity contribution in [1.82, 2.24) is 4.98 Å². The third kappa shape index (κ3) is 1.70. The Hall–Kier alpha value is -3.21. The lowest BCUT2D eigenvalue weighted by atomic mass is 9.64. The molecule has 2 aliphatic carbocycles. The van der Waals surface area contributed by atoms with Gasteiger partial charge in [0.15, 0.2) is 0 Å². The predicted octanol–water partition coefficient (Wildman–Crippen LogP) is 3.10. The number of pyridine rings is 1. The summed E-state index contributed by atoms with van der Waals surface area (Å²) in [6.07, 6.45) is 1.82. The minimum absolute atomic E-state index is 0.542. The van der Waals surface area contributed by atoms with Crippen LogP contribution in [0.15, 0.2) is 85.1 Å². The maximum atomic E-state index is 10.2. The highest BCUT2D eigenvalue weighted by molar-refractivity contribution is 6.59. The lowest BCUT2D eigenvalue weighted by Gasteiger charge is -2.31. The van der Waals surface area contributed by atoms with E-state index in [1.165, 1.54) is 0 Å². The number of benzene rings is 3. The highest BCUT2D eigenvalue weighted by Gasteiger charge is 2.53. The molecule has 0 saturated carbocycles. The normalized spacial score (nSPS) is 17.8. The van der Waals surface area contributed by atoms with Gasteiger partial charge in [-0.05, 0) is 44.9 Å². The largest absolute Gasteiger partial charge is 0.488 e. The van der Waals surface area contributed by atoms with Crippen LogP contribution in [-0.4, -0.2) is 22.2 Å².